The fraction of sp³-hybridized carbons (Fsp3) is 0.174. The third kappa shape index (κ3) is 6.98. The van der Waals surface area contributed by atoms with Crippen molar-refractivity contribution >= 4 is 34.3 Å². The van der Waals surface area contributed by atoms with E-state index in [-0.39, 0.29) is 18.7 Å². The van der Waals surface area contributed by atoms with Gasteiger partial charge in [-0.3, -0.25) is 4.79 Å². The molecule has 1 aromatic heterocycles. The third-order valence-electron chi connectivity index (χ3n) is 4.24. The molecule has 1 amide bonds. The Hall–Kier alpha value is -4.04. The van der Waals surface area contributed by atoms with E-state index in [0.717, 1.165) is 12.1 Å². The molecule has 1 heterocycles. The maximum Gasteiger partial charge on any atom is 0.416 e. The molecule has 0 saturated carbocycles. The molecule has 2 N–H and O–H groups in total. The summed E-state index contributed by atoms with van der Waals surface area (Å²) >= 11 is 1.17. The van der Waals surface area contributed by atoms with Crippen LogP contribution in [0.2, 0.25) is 0 Å². The normalized spacial score (nSPS) is 11.1. The second-order valence-corrected chi connectivity index (χ2v) is 7.58. The van der Waals surface area contributed by atoms with Gasteiger partial charge in [0, 0.05) is 11.1 Å². The van der Waals surface area contributed by atoms with E-state index in [4.69, 9.17) is 15.9 Å². The lowest BCUT2D eigenvalue weighted by Crippen LogP contribution is -2.19. The van der Waals surface area contributed by atoms with E-state index in [1.165, 1.54) is 36.8 Å². The molecule has 0 bridgehead atoms. The average molecular weight is 488 g/mol. The van der Waals surface area contributed by atoms with E-state index in [9.17, 15) is 18.0 Å². The molecule has 0 saturated heterocycles. The van der Waals surface area contributed by atoms with Gasteiger partial charge in [-0.25, -0.2) is 10.4 Å². The van der Waals surface area contributed by atoms with Crippen LogP contribution >= 0.6 is 11.3 Å². The molecule has 11 heteroatoms. The van der Waals surface area contributed by atoms with Crippen LogP contribution in [0, 0.1) is 12.3 Å². The van der Waals surface area contributed by atoms with Crippen molar-refractivity contribution in [2.75, 3.05) is 19.0 Å². The lowest BCUT2D eigenvalue weighted by atomic mass is 10.2. The van der Waals surface area contributed by atoms with Gasteiger partial charge in [0.2, 0.25) is 5.91 Å². The van der Waals surface area contributed by atoms with Gasteiger partial charge >= 0.3 is 6.18 Å². The zero-order valence-corrected chi connectivity index (χ0v) is 18.7. The molecule has 0 atom stereocenters. The van der Waals surface area contributed by atoms with Gasteiger partial charge in [0.25, 0.3) is 0 Å². The molecule has 0 aliphatic rings. The number of carbonyl (C=O) groups excluding carboxylic acids is 1. The SMILES string of the molecule is C#CCOc1ccc(/C=N\NC(=O)Cc2csc(Nc3cccc(C(F)(F)F)c3)n2)cc1OC. The Balaban J connectivity index is 1.54. The summed E-state index contributed by atoms with van der Waals surface area (Å²) in [4.78, 5) is 16.4. The molecule has 0 spiro atoms. The number of alkyl halides is 3. The number of hydrazone groups is 1. The van der Waals surface area contributed by atoms with E-state index >= 15 is 0 Å². The maximum absolute atomic E-state index is 12.8. The summed E-state index contributed by atoms with van der Waals surface area (Å²) in [5.74, 6) is 2.91. The van der Waals surface area contributed by atoms with Crippen LogP contribution in [0.15, 0.2) is 52.9 Å². The first kappa shape index (κ1) is 24.6. The Morgan fingerprint density at radius 2 is 2.09 bits per heavy atom. The van der Waals surface area contributed by atoms with Gasteiger partial charge in [-0.05, 0) is 42.0 Å². The standard InChI is InChI=1S/C23H19F3N4O3S/c1-3-9-33-19-8-7-15(10-20(19)32-2)13-27-30-21(31)12-18-14-34-22(29-18)28-17-6-4-5-16(11-17)23(24,25)26/h1,4-8,10-11,13-14H,9,12H2,2H3,(H,28,29)(H,30,31)/b27-13-. The number of nitrogens with one attached hydrogen (secondary N) is 2. The fourth-order valence-corrected chi connectivity index (χ4v) is 3.46. The number of halogens is 3. The Morgan fingerprint density at radius 3 is 2.82 bits per heavy atom. The number of terminal acetylenes is 1. The molecule has 2 aromatic carbocycles. The molecule has 0 aliphatic carbocycles. The third-order valence-corrected chi connectivity index (χ3v) is 5.04. The van der Waals surface area contributed by atoms with Gasteiger partial charge in [-0.15, -0.1) is 17.8 Å². The van der Waals surface area contributed by atoms with Crippen molar-refractivity contribution in [3.8, 4) is 23.8 Å². The number of thiazole rings is 1. The minimum atomic E-state index is -4.44. The molecule has 3 rings (SSSR count). The van der Waals surface area contributed by atoms with Crippen LogP contribution in [0.1, 0.15) is 16.8 Å². The first-order chi connectivity index (χ1) is 16.3. The summed E-state index contributed by atoms with van der Waals surface area (Å²) in [6.45, 7) is 0.105. The molecule has 0 fully saturated rings. The summed E-state index contributed by atoms with van der Waals surface area (Å²) in [5, 5.41) is 8.73. The lowest BCUT2D eigenvalue weighted by Gasteiger charge is -2.09. The quantitative estimate of drug-likeness (QED) is 0.261. The molecule has 0 unspecified atom stereocenters. The Morgan fingerprint density at radius 1 is 1.26 bits per heavy atom. The van der Waals surface area contributed by atoms with Crippen LogP contribution < -0.4 is 20.2 Å². The average Bonchev–Trinajstić information content (AvgIpc) is 3.24. The minimum absolute atomic E-state index is 0.0553. The van der Waals surface area contributed by atoms with E-state index in [1.807, 2.05) is 0 Å². The van der Waals surface area contributed by atoms with Crippen LogP contribution in [-0.2, 0) is 17.4 Å². The summed E-state index contributed by atoms with van der Waals surface area (Å²) in [6.07, 6.45) is 2.13. The molecule has 7 nitrogen and oxygen atoms in total. The number of hydrogen-bond acceptors (Lipinski definition) is 7. The largest absolute Gasteiger partial charge is 0.493 e. The predicted molar refractivity (Wildman–Crippen MR) is 124 cm³/mol. The van der Waals surface area contributed by atoms with Crippen LogP contribution in [0.4, 0.5) is 24.0 Å². The zero-order valence-electron chi connectivity index (χ0n) is 17.8. The summed E-state index contributed by atoms with van der Waals surface area (Å²) in [6, 6.07) is 9.85. The van der Waals surface area contributed by atoms with Crippen LogP contribution in [0.25, 0.3) is 0 Å². The Labute approximate surface area is 197 Å². The van der Waals surface area contributed by atoms with E-state index in [1.54, 1.807) is 23.6 Å². The first-order valence-corrected chi connectivity index (χ1v) is 10.6. The number of carbonyl (C=O) groups is 1. The summed E-state index contributed by atoms with van der Waals surface area (Å²) in [5.41, 5.74) is 2.99. The summed E-state index contributed by atoms with van der Waals surface area (Å²) < 4.78 is 49.2. The minimum Gasteiger partial charge on any atom is -0.493 e. The molecule has 3 aromatic rings. The van der Waals surface area contributed by atoms with Crippen LogP contribution in [0.3, 0.4) is 0 Å². The second kappa shape index (κ2) is 11.2. The van der Waals surface area contributed by atoms with Crippen molar-refractivity contribution in [2.24, 2.45) is 5.10 Å². The molecule has 0 aliphatic heterocycles. The van der Waals surface area contributed by atoms with Crippen molar-refractivity contribution < 1.29 is 27.4 Å². The van der Waals surface area contributed by atoms with Gasteiger partial charge in [0.05, 0.1) is 31.0 Å². The second-order valence-electron chi connectivity index (χ2n) is 6.72. The maximum atomic E-state index is 12.8. The van der Waals surface area contributed by atoms with Gasteiger partial charge in [-0.1, -0.05) is 12.0 Å². The zero-order chi connectivity index (χ0) is 24.6. The number of methoxy groups -OCH3 is 1. The van der Waals surface area contributed by atoms with E-state index < -0.39 is 17.6 Å². The van der Waals surface area contributed by atoms with Crippen LogP contribution in [0.5, 0.6) is 11.5 Å². The fourth-order valence-electron chi connectivity index (χ4n) is 2.73. The van der Waals surface area contributed by atoms with Crippen molar-refractivity contribution in [1.29, 1.82) is 0 Å². The molecular formula is C23H19F3N4O3S. The molecule has 176 valence electrons. The smallest absolute Gasteiger partial charge is 0.416 e. The van der Waals surface area contributed by atoms with Crippen LogP contribution in [-0.4, -0.2) is 30.8 Å². The number of anilines is 2. The number of nitrogens with zero attached hydrogens (tertiary/aromatic N) is 2. The number of ether oxygens (including phenoxy) is 2. The first-order valence-electron chi connectivity index (χ1n) is 9.73. The van der Waals surface area contributed by atoms with Crippen molar-refractivity contribution in [3.63, 3.8) is 0 Å². The number of hydrogen-bond donors (Lipinski definition) is 2. The Kier molecular flexibility index (Phi) is 8.10. The highest BCUT2D eigenvalue weighted by molar-refractivity contribution is 7.13. The van der Waals surface area contributed by atoms with Gasteiger partial charge in [0.15, 0.2) is 16.6 Å². The monoisotopic (exact) mass is 488 g/mol. The topological polar surface area (TPSA) is 84.8 Å². The number of rotatable bonds is 9. The van der Waals surface area contributed by atoms with Crippen molar-refractivity contribution in [1.82, 2.24) is 10.4 Å². The van der Waals surface area contributed by atoms with E-state index in [2.05, 4.69) is 26.7 Å². The number of amides is 1. The van der Waals surface area contributed by atoms with Gasteiger partial charge in [-0.2, -0.15) is 18.3 Å². The number of benzene rings is 2. The van der Waals surface area contributed by atoms with Gasteiger partial charge < -0.3 is 14.8 Å². The van der Waals surface area contributed by atoms with Crippen molar-refractivity contribution in [3.05, 3.63) is 64.7 Å². The number of aromatic nitrogens is 1. The summed E-state index contributed by atoms with van der Waals surface area (Å²) in [7, 11) is 1.49. The predicted octanol–water partition coefficient (Wildman–Crippen LogP) is 4.62. The highest BCUT2D eigenvalue weighted by atomic mass is 32.1. The molecule has 0 radical (unpaired) electrons. The highest BCUT2D eigenvalue weighted by Crippen LogP contribution is 2.32. The molecular weight excluding hydrogens is 469 g/mol. The Bertz CT molecular complexity index is 1220. The highest BCUT2D eigenvalue weighted by Gasteiger charge is 2.30. The van der Waals surface area contributed by atoms with Crippen molar-refractivity contribution in [2.45, 2.75) is 12.6 Å². The molecule has 34 heavy (non-hydrogen) atoms. The van der Waals surface area contributed by atoms with E-state index in [0.29, 0.717) is 27.9 Å². The van der Waals surface area contributed by atoms with Gasteiger partial charge in [0.1, 0.15) is 6.61 Å². The lowest BCUT2D eigenvalue weighted by molar-refractivity contribution is -0.137.